The van der Waals surface area contributed by atoms with E-state index in [0.717, 1.165) is 48.2 Å². The third kappa shape index (κ3) is 3.37. The third-order valence-electron chi connectivity index (χ3n) is 5.13. The lowest BCUT2D eigenvalue weighted by atomic mass is 9.78. The number of ether oxygens (including phenoxy) is 1. The number of hydrogen-bond donors (Lipinski definition) is 1. The number of rotatable bonds is 3. The Kier molecular flexibility index (Phi) is 4.74. The number of halogens is 1. The van der Waals surface area contributed by atoms with E-state index in [-0.39, 0.29) is 11.5 Å². The minimum Gasteiger partial charge on any atom is -0.497 e. The van der Waals surface area contributed by atoms with Gasteiger partial charge >= 0.3 is 0 Å². The highest BCUT2D eigenvalue weighted by molar-refractivity contribution is 5.51. The highest BCUT2D eigenvalue weighted by atomic mass is 19.1. The van der Waals surface area contributed by atoms with E-state index in [2.05, 4.69) is 24.1 Å². The van der Waals surface area contributed by atoms with Crippen molar-refractivity contribution in [1.82, 2.24) is 4.98 Å². The minimum atomic E-state index is -0.329. The van der Waals surface area contributed by atoms with Crippen molar-refractivity contribution in [2.45, 2.75) is 45.1 Å². The van der Waals surface area contributed by atoms with Crippen LogP contribution in [0.3, 0.4) is 0 Å². The molecule has 1 aliphatic carbocycles. The fourth-order valence-electron chi connectivity index (χ4n) is 3.55. The van der Waals surface area contributed by atoms with Gasteiger partial charge in [-0.1, -0.05) is 6.92 Å². The third-order valence-corrected chi connectivity index (χ3v) is 5.13. The van der Waals surface area contributed by atoms with Gasteiger partial charge in [-0.15, -0.1) is 0 Å². The number of nitrogens with zero attached hydrogens (tertiary/aromatic N) is 1. The summed E-state index contributed by atoms with van der Waals surface area (Å²) in [5, 5.41) is 3.63. The van der Waals surface area contributed by atoms with Crippen molar-refractivity contribution < 1.29 is 9.13 Å². The first-order valence-electron chi connectivity index (χ1n) is 8.58. The van der Waals surface area contributed by atoms with Crippen molar-refractivity contribution in [2.24, 2.45) is 5.92 Å². The highest BCUT2D eigenvalue weighted by Gasteiger charge is 2.32. The van der Waals surface area contributed by atoms with Gasteiger partial charge < -0.3 is 10.1 Å². The molecule has 3 rings (SSSR count). The number of hydrogen-bond acceptors (Lipinski definition) is 3. The number of benzene rings is 1. The van der Waals surface area contributed by atoms with Gasteiger partial charge in [0.1, 0.15) is 5.75 Å². The van der Waals surface area contributed by atoms with E-state index >= 15 is 0 Å². The maximum atomic E-state index is 14.3. The quantitative estimate of drug-likeness (QED) is 0.812. The molecular weight excluding hydrogens is 303 g/mol. The van der Waals surface area contributed by atoms with Crippen LogP contribution in [-0.2, 0) is 12.0 Å². The summed E-state index contributed by atoms with van der Waals surface area (Å²) in [7, 11) is 1.66. The van der Waals surface area contributed by atoms with Crippen LogP contribution in [0.1, 0.15) is 44.2 Å². The van der Waals surface area contributed by atoms with E-state index < -0.39 is 0 Å². The second kappa shape index (κ2) is 6.80. The molecule has 2 atom stereocenters. The van der Waals surface area contributed by atoms with Gasteiger partial charge in [0.2, 0.25) is 5.95 Å². The number of fused-ring (bicyclic) bond motifs is 1. The lowest BCUT2D eigenvalue weighted by molar-refractivity contribution is 0.369. The molecule has 4 heteroatoms. The van der Waals surface area contributed by atoms with Gasteiger partial charge in [-0.05, 0) is 74.4 Å². The molecule has 0 saturated heterocycles. The zero-order chi connectivity index (χ0) is 17.2. The molecule has 0 aliphatic heterocycles. The molecule has 0 bridgehead atoms. The standard InChI is InChI=1S/C20H25FN2O/c1-14-4-9-17-18(11-13-22-19(17)21)20(2,12-10-14)23-15-5-7-16(24-3)8-6-15/h5-8,11,13-14,23H,4,9-10,12H2,1-3H3/t14-,20+/m0/s1. The average molecular weight is 328 g/mol. The summed E-state index contributed by atoms with van der Waals surface area (Å²) >= 11 is 0. The molecule has 0 saturated carbocycles. The Morgan fingerprint density at radius 3 is 2.67 bits per heavy atom. The van der Waals surface area contributed by atoms with Crippen LogP contribution in [0.2, 0.25) is 0 Å². The summed E-state index contributed by atoms with van der Waals surface area (Å²) in [6, 6.07) is 9.84. The molecule has 2 aromatic rings. The van der Waals surface area contributed by atoms with Crippen LogP contribution < -0.4 is 10.1 Å². The number of methoxy groups -OCH3 is 1. The fourth-order valence-corrected chi connectivity index (χ4v) is 3.55. The molecule has 1 aromatic heterocycles. The highest BCUT2D eigenvalue weighted by Crippen LogP contribution is 2.38. The van der Waals surface area contributed by atoms with Crippen LogP contribution in [-0.4, -0.2) is 12.1 Å². The van der Waals surface area contributed by atoms with Crippen molar-refractivity contribution in [3.8, 4) is 5.75 Å². The number of nitrogens with one attached hydrogen (secondary N) is 1. The predicted octanol–water partition coefficient (Wildman–Crippen LogP) is 4.92. The van der Waals surface area contributed by atoms with Gasteiger partial charge in [-0.25, -0.2) is 4.98 Å². The number of anilines is 1. The SMILES string of the molecule is COc1ccc(N[C@]2(C)CC[C@@H](C)CCc3c2ccnc3F)cc1. The summed E-state index contributed by atoms with van der Waals surface area (Å²) < 4.78 is 19.6. The Labute approximate surface area is 143 Å². The first-order chi connectivity index (χ1) is 11.5. The van der Waals surface area contributed by atoms with Gasteiger partial charge in [0.25, 0.3) is 0 Å². The molecule has 1 N–H and O–H groups in total. The van der Waals surface area contributed by atoms with Gasteiger partial charge in [0.15, 0.2) is 0 Å². The summed E-state index contributed by atoms with van der Waals surface area (Å²) in [6.45, 7) is 4.40. The van der Waals surface area contributed by atoms with Crippen LogP contribution in [0.5, 0.6) is 5.75 Å². The summed E-state index contributed by atoms with van der Waals surface area (Å²) in [5.41, 5.74) is 2.47. The van der Waals surface area contributed by atoms with Crippen LogP contribution >= 0.6 is 0 Å². The molecule has 3 nitrogen and oxygen atoms in total. The molecule has 1 heterocycles. The summed E-state index contributed by atoms with van der Waals surface area (Å²) in [4.78, 5) is 3.87. The van der Waals surface area contributed by atoms with Crippen molar-refractivity contribution in [1.29, 1.82) is 0 Å². The van der Waals surface area contributed by atoms with E-state index in [4.69, 9.17) is 4.74 Å². The Bertz CT molecular complexity index is 701. The zero-order valence-corrected chi connectivity index (χ0v) is 14.6. The molecule has 1 aromatic carbocycles. The summed E-state index contributed by atoms with van der Waals surface area (Å²) in [6.07, 6.45) is 5.40. The van der Waals surface area contributed by atoms with Crippen LogP contribution in [0.15, 0.2) is 36.5 Å². The smallest absolute Gasteiger partial charge is 0.216 e. The summed E-state index contributed by atoms with van der Waals surface area (Å²) in [5.74, 6) is 1.08. The lowest BCUT2D eigenvalue weighted by Gasteiger charge is -2.37. The Morgan fingerprint density at radius 1 is 1.21 bits per heavy atom. The van der Waals surface area contributed by atoms with E-state index in [9.17, 15) is 4.39 Å². The van der Waals surface area contributed by atoms with Gasteiger partial charge in [-0.3, -0.25) is 0 Å². The molecule has 24 heavy (non-hydrogen) atoms. The maximum absolute atomic E-state index is 14.3. The fraction of sp³-hybridized carbons (Fsp3) is 0.450. The van der Waals surface area contributed by atoms with Crippen LogP contribution in [0.25, 0.3) is 0 Å². The molecule has 0 amide bonds. The molecule has 0 fully saturated rings. The number of aromatic nitrogens is 1. The van der Waals surface area contributed by atoms with E-state index in [1.54, 1.807) is 13.3 Å². The monoisotopic (exact) mass is 328 g/mol. The first-order valence-corrected chi connectivity index (χ1v) is 8.58. The van der Waals surface area contributed by atoms with Crippen LogP contribution in [0.4, 0.5) is 10.1 Å². The topological polar surface area (TPSA) is 34.1 Å². The predicted molar refractivity (Wildman–Crippen MR) is 94.9 cm³/mol. The van der Waals surface area contributed by atoms with Gasteiger partial charge in [-0.2, -0.15) is 4.39 Å². The van der Waals surface area contributed by atoms with Gasteiger partial charge in [0.05, 0.1) is 12.6 Å². The Hall–Kier alpha value is -2.10. The number of pyridine rings is 1. The molecule has 1 aliphatic rings. The lowest BCUT2D eigenvalue weighted by Crippen LogP contribution is -2.35. The zero-order valence-electron chi connectivity index (χ0n) is 14.6. The Balaban J connectivity index is 1.98. The molecular formula is C20H25FN2O. The molecule has 0 unspecified atom stereocenters. The molecule has 128 valence electrons. The van der Waals surface area contributed by atoms with E-state index in [1.165, 1.54) is 0 Å². The maximum Gasteiger partial charge on any atom is 0.216 e. The minimum absolute atomic E-state index is 0.317. The van der Waals surface area contributed by atoms with Crippen molar-refractivity contribution >= 4 is 5.69 Å². The van der Waals surface area contributed by atoms with Crippen molar-refractivity contribution in [2.75, 3.05) is 12.4 Å². The normalized spacial score (nSPS) is 23.8. The van der Waals surface area contributed by atoms with E-state index in [0.29, 0.717) is 5.92 Å². The van der Waals surface area contributed by atoms with Crippen molar-refractivity contribution in [3.05, 3.63) is 53.6 Å². The first kappa shape index (κ1) is 16.7. The largest absolute Gasteiger partial charge is 0.497 e. The second-order valence-electron chi connectivity index (χ2n) is 7.00. The second-order valence-corrected chi connectivity index (χ2v) is 7.00. The molecule has 0 spiro atoms. The average Bonchev–Trinajstić information content (AvgIpc) is 2.58. The van der Waals surface area contributed by atoms with E-state index in [1.807, 2.05) is 30.3 Å². The molecule has 0 radical (unpaired) electrons. The van der Waals surface area contributed by atoms with Gasteiger partial charge in [0, 0.05) is 17.4 Å². The van der Waals surface area contributed by atoms with Crippen molar-refractivity contribution in [3.63, 3.8) is 0 Å². The van der Waals surface area contributed by atoms with Crippen LogP contribution in [0, 0.1) is 11.9 Å². The Morgan fingerprint density at radius 2 is 1.96 bits per heavy atom.